The molecule has 2 N–H and O–H groups in total. The second-order valence-corrected chi connectivity index (χ2v) is 3.17. The molecule has 0 atom stereocenters. The van der Waals surface area contributed by atoms with Crippen molar-refractivity contribution in [1.29, 1.82) is 0 Å². The number of nitrogens with zero attached hydrogens (tertiary/aromatic N) is 5. The lowest BCUT2D eigenvalue weighted by atomic mass is 10.1. The first-order valence-electron chi connectivity index (χ1n) is 4.55. The third kappa shape index (κ3) is 1.56. The Kier molecular flexibility index (Phi) is 2.36. The topological polar surface area (TPSA) is 82.0 Å². The molecule has 0 saturated carbocycles. The summed E-state index contributed by atoms with van der Waals surface area (Å²) in [6, 6.07) is 0. The molecule has 0 aromatic carbocycles. The zero-order valence-corrected chi connectivity index (χ0v) is 8.01. The van der Waals surface area contributed by atoms with Crippen molar-refractivity contribution in [2.24, 2.45) is 5.73 Å². The van der Waals surface area contributed by atoms with Gasteiger partial charge in [0.05, 0.1) is 0 Å². The van der Waals surface area contributed by atoms with Crippen LogP contribution in [0.3, 0.4) is 0 Å². The van der Waals surface area contributed by atoms with Crippen molar-refractivity contribution in [2.75, 3.05) is 6.54 Å². The van der Waals surface area contributed by atoms with E-state index < -0.39 is 0 Å². The largest absolute Gasteiger partial charge is 0.330 e. The molecule has 0 unspecified atom stereocenters. The van der Waals surface area contributed by atoms with E-state index in [1.165, 1.54) is 0 Å². The molecule has 0 radical (unpaired) electrons. The highest BCUT2D eigenvalue weighted by Crippen LogP contribution is 2.07. The SMILES string of the molecule is Cc1nc2nnnn2cc1CCCN. The molecule has 2 aromatic heterocycles. The van der Waals surface area contributed by atoms with Crippen molar-refractivity contribution in [1.82, 2.24) is 25.0 Å². The van der Waals surface area contributed by atoms with Gasteiger partial charge in [0, 0.05) is 11.9 Å². The van der Waals surface area contributed by atoms with E-state index in [0.717, 1.165) is 24.1 Å². The second-order valence-electron chi connectivity index (χ2n) is 3.17. The Morgan fingerprint density at radius 2 is 2.36 bits per heavy atom. The molecule has 0 saturated heterocycles. The predicted molar refractivity (Wildman–Crippen MR) is 50.7 cm³/mol. The van der Waals surface area contributed by atoms with E-state index in [9.17, 15) is 0 Å². The average Bonchev–Trinajstić information content (AvgIpc) is 2.61. The van der Waals surface area contributed by atoms with Crippen molar-refractivity contribution in [3.05, 3.63) is 17.5 Å². The molecular formula is C8H12N6. The van der Waals surface area contributed by atoms with Gasteiger partial charge >= 0.3 is 0 Å². The zero-order valence-electron chi connectivity index (χ0n) is 8.01. The average molecular weight is 192 g/mol. The van der Waals surface area contributed by atoms with Crippen LogP contribution in [0.4, 0.5) is 0 Å². The van der Waals surface area contributed by atoms with Gasteiger partial charge < -0.3 is 5.73 Å². The number of nitrogens with two attached hydrogens (primary N) is 1. The van der Waals surface area contributed by atoms with Crippen LogP contribution >= 0.6 is 0 Å². The Balaban J connectivity index is 2.38. The van der Waals surface area contributed by atoms with Gasteiger partial charge in [-0.1, -0.05) is 5.10 Å². The highest BCUT2D eigenvalue weighted by Gasteiger charge is 2.04. The summed E-state index contributed by atoms with van der Waals surface area (Å²) in [4.78, 5) is 4.27. The van der Waals surface area contributed by atoms with E-state index in [0.29, 0.717) is 12.3 Å². The highest BCUT2D eigenvalue weighted by atomic mass is 15.5. The zero-order chi connectivity index (χ0) is 9.97. The van der Waals surface area contributed by atoms with Crippen LogP contribution in [0.15, 0.2) is 6.20 Å². The normalized spacial score (nSPS) is 11.0. The molecule has 14 heavy (non-hydrogen) atoms. The lowest BCUT2D eigenvalue weighted by Crippen LogP contribution is -2.04. The summed E-state index contributed by atoms with van der Waals surface area (Å²) in [5.74, 6) is 0.541. The Bertz CT molecular complexity index is 434. The van der Waals surface area contributed by atoms with Gasteiger partial charge in [0.15, 0.2) is 0 Å². The van der Waals surface area contributed by atoms with Crippen LogP contribution in [0.1, 0.15) is 17.7 Å². The summed E-state index contributed by atoms with van der Waals surface area (Å²) >= 11 is 0. The summed E-state index contributed by atoms with van der Waals surface area (Å²) in [6.45, 7) is 2.65. The molecule has 0 aliphatic carbocycles. The molecule has 2 aromatic rings. The molecule has 0 aliphatic heterocycles. The van der Waals surface area contributed by atoms with Gasteiger partial charge in [-0.2, -0.15) is 4.52 Å². The number of hydrogen-bond acceptors (Lipinski definition) is 5. The van der Waals surface area contributed by atoms with Gasteiger partial charge in [0.25, 0.3) is 5.78 Å². The Labute approximate surface area is 81.1 Å². The molecule has 74 valence electrons. The monoisotopic (exact) mass is 192 g/mol. The fourth-order valence-electron chi connectivity index (χ4n) is 1.35. The maximum Gasteiger partial charge on any atom is 0.273 e. The van der Waals surface area contributed by atoms with Crippen LogP contribution in [0.25, 0.3) is 5.78 Å². The van der Waals surface area contributed by atoms with Gasteiger partial charge in [-0.3, -0.25) is 0 Å². The van der Waals surface area contributed by atoms with E-state index in [-0.39, 0.29) is 0 Å². The summed E-state index contributed by atoms with van der Waals surface area (Å²) in [5.41, 5.74) is 7.57. The fourth-order valence-corrected chi connectivity index (χ4v) is 1.35. The highest BCUT2D eigenvalue weighted by molar-refractivity contribution is 5.29. The van der Waals surface area contributed by atoms with Crippen molar-refractivity contribution in [3.63, 3.8) is 0 Å². The van der Waals surface area contributed by atoms with E-state index in [1.807, 2.05) is 13.1 Å². The minimum Gasteiger partial charge on any atom is -0.330 e. The van der Waals surface area contributed by atoms with Crippen LogP contribution in [-0.2, 0) is 6.42 Å². The number of aryl methyl sites for hydroxylation is 2. The molecule has 0 fully saturated rings. The van der Waals surface area contributed by atoms with E-state index in [4.69, 9.17) is 5.73 Å². The molecule has 2 heterocycles. The van der Waals surface area contributed by atoms with Crippen LogP contribution in [0.2, 0.25) is 0 Å². The molecule has 0 bridgehead atoms. The Morgan fingerprint density at radius 1 is 1.50 bits per heavy atom. The quantitative estimate of drug-likeness (QED) is 0.723. The molecular weight excluding hydrogens is 180 g/mol. The minimum atomic E-state index is 0.541. The number of hydrogen-bond donors (Lipinski definition) is 1. The first-order chi connectivity index (χ1) is 6.81. The summed E-state index contributed by atoms with van der Waals surface area (Å²) in [6.07, 6.45) is 3.79. The summed E-state index contributed by atoms with van der Waals surface area (Å²) in [5, 5.41) is 11.1. The van der Waals surface area contributed by atoms with Crippen molar-refractivity contribution < 1.29 is 0 Å². The molecule has 0 spiro atoms. The minimum absolute atomic E-state index is 0.541. The standard InChI is InChI=1S/C8H12N6/c1-6-7(3-2-4-9)5-14-8(10-6)11-12-13-14/h5H,2-4,9H2,1H3. The van der Waals surface area contributed by atoms with Gasteiger partial charge in [0.1, 0.15) is 0 Å². The molecule has 2 rings (SSSR count). The number of tetrazole rings is 1. The van der Waals surface area contributed by atoms with Crippen LogP contribution in [0, 0.1) is 6.92 Å². The van der Waals surface area contributed by atoms with Gasteiger partial charge in [-0.15, -0.1) is 0 Å². The van der Waals surface area contributed by atoms with Crippen LogP contribution < -0.4 is 5.73 Å². The lowest BCUT2D eigenvalue weighted by Gasteiger charge is -2.03. The van der Waals surface area contributed by atoms with Crippen molar-refractivity contribution in [3.8, 4) is 0 Å². The Morgan fingerprint density at radius 3 is 3.14 bits per heavy atom. The predicted octanol–water partition coefficient (Wildman–Crippen LogP) is -0.281. The van der Waals surface area contributed by atoms with Crippen LogP contribution in [-0.4, -0.2) is 31.6 Å². The molecule has 6 nitrogen and oxygen atoms in total. The maximum absolute atomic E-state index is 5.45. The lowest BCUT2D eigenvalue weighted by molar-refractivity contribution is 0.782. The number of fused-ring (bicyclic) bond motifs is 1. The number of rotatable bonds is 3. The van der Waals surface area contributed by atoms with Crippen molar-refractivity contribution in [2.45, 2.75) is 19.8 Å². The Hall–Kier alpha value is -1.56. The van der Waals surface area contributed by atoms with Crippen LogP contribution in [0.5, 0.6) is 0 Å². The third-order valence-electron chi connectivity index (χ3n) is 2.14. The van der Waals surface area contributed by atoms with E-state index >= 15 is 0 Å². The third-order valence-corrected chi connectivity index (χ3v) is 2.14. The van der Waals surface area contributed by atoms with Gasteiger partial charge in [0.2, 0.25) is 0 Å². The molecule has 6 heteroatoms. The van der Waals surface area contributed by atoms with Gasteiger partial charge in [-0.05, 0) is 42.3 Å². The van der Waals surface area contributed by atoms with E-state index in [2.05, 4.69) is 20.5 Å². The molecule has 0 amide bonds. The second kappa shape index (κ2) is 3.67. The van der Waals surface area contributed by atoms with Crippen molar-refractivity contribution >= 4 is 5.78 Å². The van der Waals surface area contributed by atoms with E-state index in [1.54, 1.807) is 4.52 Å². The smallest absolute Gasteiger partial charge is 0.273 e. The first-order valence-corrected chi connectivity index (χ1v) is 4.55. The first kappa shape index (κ1) is 9.01. The van der Waals surface area contributed by atoms with Gasteiger partial charge in [-0.25, -0.2) is 4.98 Å². The molecule has 0 aliphatic rings. The number of aromatic nitrogens is 5. The summed E-state index contributed by atoms with van der Waals surface area (Å²) in [7, 11) is 0. The summed E-state index contributed by atoms with van der Waals surface area (Å²) < 4.78 is 1.58. The maximum atomic E-state index is 5.45. The fraction of sp³-hybridized carbons (Fsp3) is 0.500.